The summed E-state index contributed by atoms with van der Waals surface area (Å²) in [5.41, 5.74) is 0.491. The van der Waals surface area contributed by atoms with Crippen LogP contribution < -0.4 is 0 Å². The first-order chi connectivity index (χ1) is 9.18. The molecule has 0 aliphatic carbocycles. The Hall–Kier alpha value is 0.500. The molecule has 5 heteroatoms. The molecule has 0 saturated carbocycles. The minimum atomic E-state index is -2.83. The molecule has 0 saturated heterocycles. The zero-order valence-electron chi connectivity index (χ0n) is 12.9. The maximum absolute atomic E-state index is 12.2. The van der Waals surface area contributed by atoms with Gasteiger partial charge in [-0.3, -0.25) is 4.57 Å². The zero-order chi connectivity index (χ0) is 14.4. The van der Waals surface area contributed by atoms with Gasteiger partial charge in [0.15, 0.2) is 0 Å². The van der Waals surface area contributed by atoms with Crippen molar-refractivity contribution in [2.24, 2.45) is 0 Å². The Bertz CT molecular complexity index is 227. The molecule has 0 aliphatic rings. The monoisotopic (exact) mass is 310 g/mol. The van der Waals surface area contributed by atoms with Crippen molar-refractivity contribution >= 4 is 19.4 Å². The molecule has 0 spiro atoms. The van der Waals surface area contributed by atoms with Gasteiger partial charge in [0, 0.05) is 0 Å². The van der Waals surface area contributed by atoms with Crippen LogP contribution in [0.2, 0.25) is 0 Å². The maximum atomic E-state index is 12.2. The van der Waals surface area contributed by atoms with Crippen molar-refractivity contribution in [3.05, 3.63) is 0 Å². The van der Waals surface area contributed by atoms with Crippen molar-refractivity contribution in [2.45, 2.75) is 65.7 Å². The number of hydrogen-bond acceptors (Lipinski definition) is 4. The molecule has 0 unspecified atom stereocenters. The van der Waals surface area contributed by atoms with Crippen molar-refractivity contribution in [2.75, 3.05) is 24.5 Å². The molecular weight excluding hydrogens is 279 g/mol. The Kier molecular flexibility index (Phi) is 13.8. The quantitative estimate of drug-likeness (QED) is 0.305. The lowest BCUT2D eigenvalue weighted by atomic mass is 10.1. The Morgan fingerprint density at radius 2 is 1.37 bits per heavy atom. The molecule has 116 valence electrons. The predicted octanol–water partition coefficient (Wildman–Crippen LogP) is 5.69. The summed E-state index contributed by atoms with van der Waals surface area (Å²) < 4.78 is 22.7. The topological polar surface area (TPSA) is 35.5 Å². The van der Waals surface area contributed by atoms with Crippen LogP contribution in [-0.2, 0) is 13.6 Å². The normalized spacial score (nSPS) is 11.9. The van der Waals surface area contributed by atoms with Crippen molar-refractivity contribution in [3.63, 3.8) is 0 Å². The third-order valence-corrected chi connectivity index (χ3v) is 6.67. The first kappa shape index (κ1) is 19.5. The van der Waals surface area contributed by atoms with Gasteiger partial charge in [-0.1, -0.05) is 45.4 Å². The van der Waals surface area contributed by atoms with Crippen molar-refractivity contribution in [1.82, 2.24) is 0 Å². The number of thioether (sulfide) groups is 1. The fourth-order valence-corrected chi connectivity index (χ4v) is 5.12. The molecule has 0 heterocycles. The van der Waals surface area contributed by atoms with Crippen LogP contribution in [0.25, 0.3) is 0 Å². The molecule has 3 nitrogen and oxygen atoms in total. The van der Waals surface area contributed by atoms with Gasteiger partial charge in [0.1, 0.15) is 0 Å². The van der Waals surface area contributed by atoms with Crippen molar-refractivity contribution < 1.29 is 13.6 Å². The van der Waals surface area contributed by atoms with E-state index in [4.69, 9.17) is 9.05 Å². The van der Waals surface area contributed by atoms with E-state index in [-0.39, 0.29) is 0 Å². The minimum Gasteiger partial charge on any atom is -0.308 e. The number of rotatable bonds is 14. The highest BCUT2D eigenvalue weighted by atomic mass is 32.2. The van der Waals surface area contributed by atoms with Crippen molar-refractivity contribution in [1.29, 1.82) is 0 Å². The van der Waals surface area contributed by atoms with Gasteiger partial charge in [0.2, 0.25) is 0 Å². The van der Waals surface area contributed by atoms with Gasteiger partial charge in [-0.15, -0.1) is 11.8 Å². The molecule has 0 N–H and O–H groups in total. The molecule has 0 bridgehead atoms. The average Bonchev–Trinajstić information content (AvgIpc) is 2.37. The summed E-state index contributed by atoms with van der Waals surface area (Å²) in [5.74, 6) is 1.05. The molecule has 0 aromatic carbocycles. The van der Waals surface area contributed by atoms with Crippen LogP contribution >= 0.6 is 19.4 Å². The van der Waals surface area contributed by atoms with Gasteiger partial charge < -0.3 is 9.05 Å². The van der Waals surface area contributed by atoms with Crippen LogP contribution in [0.1, 0.15) is 65.7 Å². The van der Waals surface area contributed by atoms with Crippen LogP contribution in [0.15, 0.2) is 0 Å². The molecule has 0 atom stereocenters. The second-order valence-corrected chi connectivity index (χ2v) is 8.19. The summed E-state index contributed by atoms with van der Waals surface area (Å²) >= 11 is 1.70. The van der Waals surface area contributed by atoms with E-state index in [1.165, 1.54) is 44.9 Å². The third-order valence-electron chi connectivity index (χ3n) is 2.79. The Balaban J connectivity index is 3.47. The standard InChI is InChI=1S/C14H31O3PS/c1-4-7-8-9-10-11-12-13-19-14-18(15,16-5-2)17-6-3/h4-14H2,1-3H3. The molecule has 0 amide bonds. The van der Waals surface area contributed by atoms with Gasteiger partial charge in [-0.05, 0) is 26.0 Å². The number of unbranched alkanes of at least 4 members (excludes halogenated alkanes) is 6. The SMILES string of the molecule is CCCCCCCCCSCP(=O)(OCC)OCC. The summed E-state index contributed by atoms with van der Waals surface area (Å²) in [4.78, 5) is 0. The van der Waals surface area contributed by atoms with Gasteiger partial charge in [0.05, 0.1) is 18.7 Å². The van der Waals surface area contributed by atoms with Crippen LogP contribution in [0.5, 0.6) is 0 Å². The lowest BCUT2D eigenvalue weighted by molar-refractivity contribution is 0.224. The molecule has 0 aliphatic heterocycles. The van der Waals surface area contributed by atoms with Gasteiger partial charge in [0.25, 0.3) is 0 Å². The molecule has 0 rings (SSSR count). The van der Waals surface area contributed by atoms with E-state index in [1.54, 1.807) is 11.8 Å². The predicted molar refractivity (Wildman–Crippen MR) is 86.2 cm³/mol. The largest absolute Gasteiger partial charge is 0.340 e. The number of hydrogen-bond donors (Lipinski definition) is 0. The first-order valence-corrected chi connectivity index (χ1v) is 10.5. The Morgan fingerprint density at radius 1 is 0.842 bits per heavy atom. The fraction of sp³-hybridized carbons (Fsp3) is 1.00. The van der Waals surface area contributed by atoms with E-state index in [0.717, 1.165) is 5.75 Å². The lowest BCUT2D eigenvalue weighted by Gasteiger charge is -2.16. The van der Waals surface area contributed by atoms with Crippen LogP contribution in [0.4, 0.5) is 0 Å². The van der Waals surface area contributed by atoms with E-state index in [9.17, 15) is 4.57 Å². The summed E-state index contributed by atoms with van der Waals surface area (Å²) in [5, 5.41) is 0. The molecule has 0 aromatic rings. The second kappa shape index (κ2) is 13.5. The lowest BCUT2D eigenvalue weighted by Crippen LogP contribution is -1.98. The third kappa shape index (κ3) is 12.0. The van der Waals surface area contributed by atoms with Crippen LogP contribution in [0.3, 0.4) is 0 Å². The molecule has 0 fully saturated rings. The van der Waals surface area contributed by atoms with Gasteiger partial charge >= 0.3 is 7.60 Å². The highest BCUT2D eigenvalue weighted by Crippen LogP contribution is 2.50. The minimum absolute atomic E-state index is 0.454. The molecule has 0 aromatic heterocycles. The van der Waals surface area contributed by atoms with Gasteiger partial charge in [-0.2, -0.15) is 0 Å². The van der Waals surface area contributed by atoms with Crippen LogP contribution in [0, 0.1) is 0 Å². The van der Waals surface area contributed by atoms with Crippen LogP contribution in [-0.4, -0.2) is 24.5 Å². The molecule has 19 heavy (non-hydrogen) atoms. The fourth-order valence-electron chi connectivity index (χ4n) is 1.84. The highest BCUT2D eigenvalue weighted by Gasteiger charge is 2.22. The smallest absolute Gasteiger partial charge is 0.308 e. The zero-order valence-corrected chi connectivity index (χ0v) is 14.6. The second-order valence-electron chi connectivity index (χ2n) is 4.61. The Morgan fingerprint density at radius 3 is 1.89 bits per heavy atom. The summed E-state index contributed by atoms with van der Waals surface area (Å²) in [6, 6.07) is 0. The summed E-state index contributed by atoms with van der Waals surface area (Å²) in [6.45, 7) is 6.86. The van der Waals surface area contributed by atoms with E-state index in [1.807, 2.05) is 13.8 Å². The molecular formula is C14H31O3PS. The molecule has 0 radical (unpaired) electrons. The van der Waals surface area contributed by atoms with E-state index in [2.05, 4.69) is 6.92 Å². The van der Waals surface area contributed by atoms with E-state index >= 15 is 0 Å². The van der Waals surface area contributed by atoms with E-state index < -0.39 is 7.60 Å². The first-order valence-electron chi connectivity index (χ1n) is 7.64. The average molecular weight is 310 g/mol. The summed E-state index contributed by atoms with van der Waals surface area (Å²) in [7, 11) is -2.83. The van der Waals surface area contributed by atoms with Gasteiger partial charge in [-0.25, -0.2) is 0 Å². The maximum Gasteiger partial charge on any atom is 0.340 e. The van der Waals surface area contributed by atoms with E-state index in [0.29, 0.717) is 18.7 Å². The van der Waals surface area contributed by atoms with Crippen molar-refractivity contribution in [3.8, 4) is 0 Å². The highest BCUT2D eigenvalue weighted by molar-refractivity contribution is 8.04. The summed E-state index contributed by atoms with van der Waals surface area (Å²) in [6.07, 6.45) is 9.21. The Labute approximate surface area is 123 Å².